The highest BCUT2D eigenvalue weighted by Crippen LogP contribution is 2.26. The van der Waals surface area contributed by atoms with Gasteiger partial charge in [0.15, 0.2) is 4.34 Å². The number of aliphatic hydroxyl groups excluding tert-OH is 1. The fourth-order valence-electron chi connectivity index (χ4n) is 2.66. The molecule has 0 radical (unpaired) electrons. The summed E-state index contributed by atoms with van der Waals surface area (Å²) in [7, 11) is 2.00. The van der Waals surface area contributed by atoms with E-state index in [1.54, 1.807) is 12.1 Å². The molecule has 0 bridgehead atoms. The van der Waals surface area contributed by atoms with Gasteiger partial charge in [0.1, 0.15) is 5.82 Å². The molecule has 2 aromatic carbocycles. The molecule has 3 aromatic rings. The number of likely N-dealkylation sites (N-methyl/N-ethyl adjacent to an activating group) is 1. The Bertz CT molecular complexity index is 845. The molecule has 5 nitrogen and oxygen atoms in total. The Balaban J connectivity index is 1.39. The van der Waals surface area contributed by atoms with Crippen molar-refractivity contribution in [1.82, 2.24) is 15.1 Å². The zero-order valence-corrected chi connectivity index (χ0v) is 17.2. The fourth-order valence-corrected chi connectivity index (χ4v) is 4.35. The second-order valence-corrected chi connectivity index (χ2v) is 8.74. The Morgan fingerprint density at radius 1 is 1.11 bits per heavy atom. The van der Waals surface area contributed by atoms with E-state index in [1.807, 2.05) is 25.2 Å². The van der Waals surface area contributed by atoms with E-state index in [4.69, 9.17) is 0 Å². The first-order valence-corrected chi connectivity index (χ1v) is 10.7. The van der Waals surface area contributed by atoms with Crippen molar-refractivity contribution in [2.45, 2.75) is 23.5 Å². The normalized spacial score (nSPS) is 12.3. The number of aromatic nitrogens is 2. The molecule has 2 N–H and O–H groups in total. The topological polar surface area (TPSA) is 61.3 Å². The quantitative estimate of drug-likeness (QED) is 0.488. The van der Waals surface area contributed by atoms with Crippen LogP contribution < -0.4 is 5.32 Å². The molecule has 0 spiro atoms. The van der Waals surface area contributed by atoms with Gasteiger partial charge in [0, 0.05) is 25.4 Å². The molecule has 0 aliphatic rings. The van der Waals surface area contributed by atoms with Gasteiger partial charge in [0.2, 0.25) is 5.13 Å². The molecule has 0 fully saturated rings. The molecule has 0 saturated carbocycles. The van der Waals surface area contributed by atoms with Gasteiger partial charge in [-0.2, -0.15) is 0 Å². The van der Waals surface area contributed by atoms with Gasteiger partial charge in [-0.05, 0) is 30.3 Å². The fraction of sp³-hybridized carbons (Fsp3) is 0.300. The third-order valence-corrected chi connectivity index (χ3v) is 6.14. The van der Waals surface area contributed by atoms with Crippen molar-refractivity contribution in [1.29, 1.82) is 0 Å². The summed E-state index contributed by atoms with van der Waals surface area (Å²) >= 11 is 2.95. The lowest BCUT2D eigenvalue weighted by molar-refractivity contribution is 0.142. The maximum Gasteiger partial charge on any atom is 0.206 e. The summed E-state index contributed by atoms with van der Waals surface area (Å²) in [6, 6.07) is 16.6. The van der Waals surface area contributed by atoms with Crippen molar-refractivity contribution < 1.29 is 9.50 Å². The van der Waals surface area contributed by atoms with E-state index >= 15 is 0 Å². The minimum atomic E-state index is -0.446. The summed E-state index contributed by atoms with van der Waals surface area (Å²) in [5.41, 5.74) is 2.20. The van der Waals surface area contributed by atoms with Gasteiger partial charge in [0.05, 0.1) is 6.10 Å². The summed E-state index contributed by atoms with van der Waals surface area (Å²) in [4.78, 5) is 2.11. The molecule has 3 rings (SSSR count). The van der Waals surface area contributed by atoms with Crippen molar-refractivity contribution in [2.24, 2.45) is 0 Å². The largest absolute Gasteiger partial charge is 0.391 e. The number of anilines is 1. The number of halogens is 1. The van der Waals surface area contributed by atoms with Crippen LogP contribution in [0, 0.1) is 5.82 Å². The standard InChI is InChI=1S/C20H23FN4OS2/c1-25(12-16-5-3-2-4-6-16)13-18(26)14-27-20-24-23-19(28-20)22-11-15-7-9-17(21)10-8-15/h2-10,18,26H,11-14H2,1H3,(H,22,23). The van der Waals surface area contributed by atoms with Crippen molar-refractivity contribution in [3.8, 4) is 0 Å². The molecule has 1 atom stereocenters. The number of hydrogen-bond donors (Lipinski definition) is 2. The summed E-state index contributed by atoms with van der Waals surface area (Å²) in [5.74, 6) is 0.317. The van der Waals surface area contributed by atoms with Crippen LogP contribution in [0.4, 0.5) is 9.52 Å². The van der Waals surface area contributed by atoms with Crippen molar-refractivity contribution in [3.05, 3.63) is 71.5 Å². The first-order valence-electron chi connectivity index (χ1n) is 8.93. The predicted octanol–water partition coefficient (Wildman–Crippen LogP) is 3.87. The van der Waals surface area contributed by atoms with Crippen LogP contribution in [0.25, 0.3) is 0 Å². The molecule has 8 heteroatoms. The first-order chi connectivity index (χ1) is 13.6. The van der Waals surface area contributed by atoms with E-state index in [0.29, 0.717) is 24.0 Å². The molecule has 1 aromatic heterocycles. The van der Waals surface area contributed by atoms with E-state index in [9.17, 15) is 9.50 Å². The summed E-state index contributed by atoms with van der Waals surface area (Å²) in [6.45, 7) is 1.96. The molecule has 28 heavy (non-hydrogen) atoms. The highest BCUT2D eigenvalue weighted by Gasteiger charge is 2.12. The first kappa shape index (κ1) is 20.7. The third kappa shape index (κ3) is 6.87. The molecule has 1 unspecified atom stereocenters. The van der Waals surface area contributed by atoms with Gasteiger partial charge < -0.3 is 10.4 Å². The zero-order valence-electron chi connectivity index (χ0n) is 15.6. The van der Waals surface area contributed by atoms with Gasteiger partial charge in [-0.1, -0.05) is 65.6 Å². The Hall–Kier alpha value is -2.00. The highest BCUT2D eigenvalue weighted by atomic mass is 32.2. The van der Waals surface area contributed by atoms with Crippen molar-refractivity contribution in [3.63, 3.8) is 0 Å². The SMILES string of the molecule is CN(Cc1ccccc1)CC(O)CSc1nnc(NCc2ccc(F)cc2)s1. The minimum absolute atomic E-state index is 0.244. The van der Waals surface area contributed by atoms with Crippen LogP contribution in [-0.2, 0) is 13.1 Å². The van der Waals surface area contributed by atoms with Gasteiger partial charge in [-0.15, -0.1) is 10.2 Å². The second kappa shape index (κ2) is 10.5. The molecule has 148 valence electrons. The maximum absolute atomic E-state index is 12.9. The predicted molar refractivity (Wildman–Crippen MR) is 113 cm³/mol. The Morgan fingerprint density at radius 3 is 2.61 bits per heavy atom. The van der Waals surface area contributed by atoms with E-state index in [1.165, 1.54) is 40.8 Å². The average molecular weight is 419 g/mol. The number of nitrogens with zero attached hydrogens (tertiary/aromatic N) is 3. The third-order valence-electron chi connectivity index (χ3n) is 3.98. The summed E-state index contributed by atoms with van der Waals surface area (Å²) < 4.78 is 13.7. The lowest BCUT2D eigenvalue weighted by atomic mass is 10.2. The van der Waals surface area contributed by atoms with Crippen molar-refractivity contribution >= 4 is 28.2 Å². The average Bonchev–Trinajstić information content (AvgIpc) is 3.14. The Kier molecular flexibility index (Phi) is 7.79. The van der Waals surface area contributed by atoms with E-state index in [2.05, 4.69) is 32.5 Å². The van der Waals surface area contributed by atoms with Crippen LogP contribution in [0.2, 0.25) is 0 Å². The van der Waals surface area contributed by atoms with Crippen LogP contribution in [0.1, 0.15) is 11.1 Å². The van der Waals surface area contributed by atoms with Gasteiger partial charge in [0.25, 0.3) is 0 Å². The number of nitrogens with one attached hydrogen (secondary N) is 1. The van der Waals surface area contributed by atoms with Crippen LogP contribution in [0.5, 0.6) is 0 Å². The lowest BCUT2D eigenvalue weighted by Crippen LogP contribution is -2.30. The molecule has 1 heterocycles. The van der Waals surface area contributed by atoms with Gasteiger partial charge in [-0.3, -0.25) is 4.90 Å². The molecule has 0 saturated heterocycles. The van der Waals surface area contributed by atoms with E-state index in [0.717, 1.165) is 16.4 Å². The van der Waals surface area contributed by atoms with Crippen LogP contribution in [0.3, 0.4) is 0 Å². The number of thioether (sulfide) groups is 1. The Labute approximate surface area is 172 Å². The van der Waals surface area contributed by atoms with Gasteiger partial charge in [-0.25, -0.2) is 4.39 Å². The van der Waals surface area contributed by atoms with Gasteiger partial charge >= 0.3 is 0 Å². The maximum atomic E-state index is 12.9. The number of benzene rings is 2. The number of aliphatic hydroxyl groups is 1. The highest BCUT2D eigenvalue weighted by molar-refractivity contribution is 8.01. The number of hydrogen-bond acceptors (Lipinski definition) is 7. The second-order valence-electron chi connectivity index (χ2n) is 6.50. The monoisotopic (exact) mass is 418 g/mol. The minimum Gasteiger partial charge on any atom is -0.391 e. The molecular weight excluding hydrogens is 395 g/mol. The molecule has 0 aliphatic heterocycles. The number of rotatable bonds is 10. The zero-order chi connectivity index (χ0) is 19.8. The summed E-state index contributed by atoms with van der Waals surface area (Å²) in [6.07, 6.45) is -0.446. The Morgan fingerprint density at radius 2 is 1.86 bits per heavy atom. The van der Waals surface area contributed by atoms with E-state index < -0.39 is 6.10 Å². The molecule has 0 aliphatic carbocycles. The molecular formula is C20H23FN4OS2. The smallest absolute Gasteiger partial charge is 0.206 e. The van der Waals surface area contributed by atoms with Crippen molar-refractivity contribution in [2.75, 3.05) is 24.7 Å². The lowest BCUT2D eigenvalue weighted by Gasteiger charge is -2.20. The molecule has 0 amide bonds. The van der Waals surface area contributed by atoms with Crippen LogP contribution in [0.15, 0.2) is 58.9 Å². The van der Waals surface area contributed by atoms with Crippen LogP contribution >= 0.6 is 23.1 Å². The summed E-state index contributed by atoms with van der Waals surface area (Å²) in [5, 5.41) is 22.4. The van der Waals surface area contributed by atoms with E-state index in [-0.39, 0.29) is 5.82 Å². The van der Waals surface area contributed by atoms with Crippen LogP contribution in [-0.4, -0.2) is 45.7 Å².